The van der Waals surface area contributed by atoms with E-state index in [1.54, 1.807) is 6.07 Å². The third kappa shape index (κ3) is 4.18. The minimum Gasteiger partial charge on any atom is -0.494 e. The number of para-hydroxylation sites is 2. The van der Waals surface area contributed by atoms with Crippen LogP contribution < -0.4 is 19.5 Å². The molecule has 7 heteroatoms. The van der Waals surface area contributed by atoms with E-state index >= 15 is 0 Å². The highest BCUT2D eigenvalue weighted by atomic mass is 35.5. The fourth-order valence-corrected chi connectivity index (χ4v) is 3.52. The van der Waals surface area contributed by atoms with E-state index in [-0.39, 0.29) is 0 Å². The number of benzene rings is 3. The number of hydrogen-bond acceptors (Lipinski definition) is 6. The van der Waals surface area contributed by atoms with Gasteiger partial charge in [-0.15, -0.1) is 0 Å². The quantitative estimate of drug-likeness (QED) is 0.486. The van der Waals surface area contributed by atoms with E-state index in [1.807, 2.05) is 67.6 Å². The van der Waals surface area contributed by atoms with Crippen molar-refractivity contribution in [2.45, 2.75) is 11.8 Å². The second-order valence-electron chi connectivity index (χ2n) is 5.88. The molecular weight excluding hydrogens is 394 g/mol. The second kappa shape index (κ2) is 8.46. The molecule has 3 aromatic carbocycles. The van der Waals surface area contributed by atoms with Crippen molar-refractivity contribution in [2.75, 3.05) is 11.9 Å². The molecule has 5 nitrogen and oxygen atoms in total. The van der Waals surface area contributed by atoms with Crippen LogP contribution in [0, 0.1) is 0 Å². The van der Waals surface area contributed by atoms with Gasteiger partial charge in [-0.25, -0.2) is 4.99 Å². The van der Waals surface area contributed by atoms with Crippen LogP contribution in [0.2, 0.25) is 5.02 Å². The van der Waals surface area contributed by atoms with Gasteiger partial charge in [-0.1, -0.05) is 29.8 Å². The molecule has 0 spiro atoms. The molecule has 0 saturated heterocycles. The van der Waals surface area contributed by atoms with E-state index < -0.39 is 0 Å². The zero-order valence-electron chi connectivity index (χ0n) is 15.1. The Morgan fingerprint density at radius 3 is 2.57 bits per heavy atom. The molecule has 3 aromatic rings. The van der Waals surface area contributed by atoms with Gasteiger partial charge < -0.3 is 14.8 Å². The van der Waals surface area contributed by atoms with Gasteiger partial charge in [0.1, 0.15) is 17.2 Å². The summed E-state index contributed by atoms with van der Waals surface area (Å²) >= 11 is 7.70. The molecule has 0 bridgehead atoms. The topological polar surface area (TPSA) is 54.9 Å². The Morgan fingerprint density at radius 1 is 1.00 bits per heavy atom. The first kappa shape index (κ1) is 18.5. The lowest BCUT2D eigenvalue weighted by Gasteiger charge is -2.20. The van der Waals surface area contributed by atoms with Crippen LogP contribution in [0.5, 0.6) is 17.2 Å². The fourth-order valence-electron chi connectivity index (χ4n) is 2.65. The molecule has 0 fully saturated rings. The number of anilines is 1. The van der Waals surface area contributed by atoms with E-state index in [0.717, 1.165) is 22.0 Å². The number of nitrogens with one attached hydrogen (secondary N) is 2. The molecule has 4 rings (SSSR count). The van der Waals surface area contributed by atoms with Crippen LogP contribution >= 0.6 is 23.5 Å². The highest BCUT2D eigenvalue weighted by Gasteiger charge is 2.18. The van der Waals surface area contributed by atoms with Gasteiger partial charge in [0.05, 0.1) is 16.5 Å². The number of fused-ring (bicyclic) bond motifs is 1. The predicted molar refractivity (Wildman–Crippen MR) is 115 cm³/mol. The Balaban J connectivity index is 1.58. The first-order valence-corrected chi connectivity index (χ1v) is 9.99. The van der Waals surface area contributed by atoms with Crippen molar-refractivity contribution >= 4 is 40.9 Å². The Hall–Kier alpha value is -2.83. The van der Waals surface area contributed by atoms with E-state index in [2.05, 4.69) is 10.0 Å². The highest BCUT2D eigenvalue weighted by Crippen LogP contribution is 2.42. The molecule has 1 aliphatic rings. The molecule has 0 saturated carbocycles. The van der Waals surface area contributed by atoms with Gasteiger partial charge in [-0.05, 0) is 67.4 Å². The lowest BCUT2D eigenvalue weighted by molar-refractivity contribution is 0.340. The number of ether oxygens (including phenoxy) is 2. The average Bonchev–Trinajstić information content (AvgIpc) is 2.72. The number of guanidine groups is 1. The smallest absolute Gasteiger partial charge is 0.211 e. The summed E-state index contributed by atoms with van der Waals surface area (Å²) in [6.45, 7) is 2.60. The number of aliphatic imine (C=N–C) groups is 1. The summed E-state index contributed by atoms with van der Waals surface area (Å²) in [5.74, 6) is 2.70. The summed E-state index contributed by atoms with van der Waals surface area (Å²) < 4.78 is 14.7. The maximum atomic E-state index is 6.23. The molecule has 0 aromatic heterocycles. The monoisotopic (exact) mass is 411 g/mol. The Labute approximate surface area is 172 Å². The molecule has 0 atom stereocenters. The van der Waals surface area contributed by atoms with Gasteiger partial charge in [0.15, 0.2) is 5.75 Å². The summed E-state index contributed by atoms with van der Waals surface area (Å²) in [5, 5.41) is 3.83. The van der Waals surface area contributed by atoms with Crippen molar-refractivity contribution in [1.29, 1.82) is 0 Å². The normalized spacial score (nSPS) is 12.4. The van der Waals surface area contributed by atoms with Gasteiger partial charge >= 0.3 is 0 Å². The number of halogens is 1. The number of rotatable bonds is 5. The van der Waals surface area contributed by atoms with Gasteiger partial charge in [-0.3, -0.25) is 4.72 Å². The number of hydrogen-bond donors (Lipinski definition) is 2. The van der Waals surface area contributed by atoms with Gasteiger partial charge in [-0.2, -0.15) is 0 Å². The third-order valence-electron chi connectivity index (χ3n) is 3.93. The first-order chi connectivity index (χ1) is 13.7. The largest absolute Gasteiger partial charge is 0.494 e. The van der Waals surface area contributed by atoms with Crippen molar-refractivity contribution in [1.82, 2.24) is 4.72 Å². The molecule has 1 aliphatic heterocycles. The second-order valence-corrected chi connectivity index (χ2v) is 7.14. The summed E-state index contributed by atoms with van der Waals surface area (Å²) in [6, 6.07) is 20.9. The Kier molecular flexibility index (Phi) is 5.60. The summed E-state index contributed by atoms with van der Waals surface area (Å²) in [7, 11) is 0. The summed E-state index contributed by atoms with van der Waals surface area (Å²) in [5.41, 5.74) is 1.66. The van der Waals surface area contributed by atoms with E-state index in [9.17, 15) is 0 Å². The molecule has 0 amide bonds. The molecule has 142 valence electrons. The van der Waals surface area contributed by atoms with Crippen molar-refractivity contribution in [3.63, 3.8) is 0 Å². The Morgan fingerprint density at radius 2 is 1.79 bits per heavy atom. The van der Waals surface area contributed by atoms with E-state index in [0.29, 0.717) is 29.1 Å². The van der Waals surface area contributed by atoms with Crippen LogP contribution in [0.1, 0.15) is 6.92 Å². The van der Waals surface area contributed by atoms with Crippen LogP contribution in [-0.2, 0) is 0 Å². The maximum Gasteiger partial charge on any atom is 0.211 e. The lowest BCUT2D eigenvalue weighted by Crippen LogP contribution is -2.26. The predicted octanol–water partition coefficient (Wildman–Crippen LogP) is 6.24. The minimum absolute atomic E-state index is 0.554. The van der Waals surface area contributed by atoms with Gasteiger partial charge in [0.2, 0.25) is 5.96 Å². The van der Waals surface area contributed by atoms with Crippen LogP contribution in [0.25, 0.3) is 0 Å². The van der Waals surface area contributed by atoms with Crippen LogP contribution in [0.3, 0.4) is 0 Å². The van der Waals surface area contributed by atoms with Crippen LogP contribution in [-0.4, -0.2) is 12.6 Å². The zero-order chi connectivity index (χ0) is 19.3. The van der Waals surface area contributed by atoms with E-state index in [1.165, 1.54) is 11.9 Å². The molecule has 2 N–H and O–H groups in total. The molecule has 0 aliphatic carbocycles. The van der Waals surface area contributed by atoms with Crippen LogP contribution in [0.4, 0.5) is 11.4 Å². The van der Waals surface area contributed by atoms with Gasteiger partial charge in [0.25, 0.3) is 0 Å². The van der Waals surface area contributed by atoms with Crippen molar-refractivity contribution in [3.8, 4) is 17.2 Å². The Bertz CT molecular complexity index is 1010. The summed E-state index contributed by atoms with van der Waals surface area (Å²) in [6.07, 6.45) is 0. The van der Waals surface area contributed by atoms with Crippen molar-refractivity contribution in [2.24, 2.45) is 4.99 Å². The first-order valence-electron chi connectivity index (χ1n) is 8.80. The number of nitrogens with zero attached hydrogens (tertiary/aromatic N) is 1. The zero-order valence-corrected chi connectivity index (χ0v) is 16.7. The lowest BCUT2D eigenvalue weighted by atomic mass is 10.3. The molecule has 1 heterocycles. The van der Waals surface area contributed by atoms with Crippen molar-refractivity contribution in [3.05, 3.63) is 71.8 Å². The molecule has 28 heavy (non-hydrogen) atoms. The van der Waals surface area contributed by atoms with Gasteiger partial charge in [0, 0.05) is 5.69 Å². The minimum atomic E-state index is 0.554. The highest BCUT2D eigenvalue weighted by molar-refractivity contribution is 7.98. The third-order valence-corrected chi connectivity index (χ3v) is 5.08. The molecule has 0 unspecified atom stereocenters. The molecular formula is C21H18ClN3O2S. The summed E-state index contributed by atoms with van der Waals surface area (Å²) in [4.78, 5) is 5.67. The SMILES string of the molecule is CCOc1ccc(NC2=Nc3c(Oc4ccccc4Cl)cccc3SN2)cc1. The molecule has 0 radical (unpaired) electrons. The average molecular weight is 412 g/mol. The fraction of sp³-hybridized carbons (Fsp3) is 0.0952. The van der Waals surface area contributed by atoms with Crippen LogP contribution in [0.15, 0.2) is 76.6 Å². The standard InChI is InChI=1S/C21H18ClN3O2S/c1-2-26-15-12-10-14(11-13-15)23-21-24-20-18(8-5-9-19(20)28-25-21)27-17-7-4-3-6-16(17)22/h3-13H,2H2,1H3,(H2,23,24,25). The maximum absolute atomic E-state index is 6.23. The van der Waals surface area contributed by atoms with Crippen molar-refractivity contribution < 1.29 is 9.47 Å². The van der Waals surface area contributed by atoms with E-state index in [4.69, 9.17) is 26.1 Å².